The van der Waals surface area contributed by atoms with Crippen LogP contribution >= 0.6 is 0 Å². The van der Waals surface area contributed by atoms with E-state index in [9.17, 15) is 10.1 Å². The summed E-state index contributed by atoms with van der Waals surface area (Å²) in [6.07, 6.45) is 3.49. The van der Waals surface area contributed by atoms with E-state index in [0.29, 0.717) is 30.2 Å². The largest absolute Gasteiger partial charge is 0.493 e. The lowest BCUT2D eigenvalue weighted by Gasteiger charge is -2.12. The Morgan fingerprint density at radius 2 is 2.10 bits per heavy atom. The Morgan fingerprint density at radius 3 is 2.79 bits per heavy atom. The third-order valence-corrected chi connectivity index (χ3v) is 4.62. The monoisotopic (exact) mass is 392 g/mol. The summed E-state index contributed by atoms with van der Waals surface area (Å²) in [6.45, 7) is 1.52. The van der Waals surface area contributed by atoms with Crippen molar-refractivity contribution in [1.29, 1.82) is 5.26 Å². The number of nitrogens with zero attached hydrogens (tertiary/aromatic N) is 1. The number of hydrogen-bond donors (Lipinski definition) is 1. The van der Waals surface area contributed by atoms with E-state index in [1.807, 2.05) is 36.4 Å². The molecule has 0 unspecified atom stereocenters. The fourth-order valence-electron chi connectivity index (χ4n) is 3.05. The molecule has 1 fully saturated rings. The highest BCUT2D eigenvalue weighted by Crippen LogP contribution is 2.29. The fourth-order valence-corrected chi connectivity index (χ4v) is 3.05. The van der Waals surface area contributed by atoms with Gasteiger partial charge in [-0.05, 0) is 42.2 Å². The van der Waals surface area contributed by atoms with E-state index in [-0.39, 0.29) is 11.7 Å². The summed E-state index contributed by atoms with van der Waals surface area (Å²) in [4.78, 5) is 12.3. The zero-order valence-electron chi connectivity index (χ0n) is 16.4. The van der Waals surface area contributed by atoms with Gasteiger partial charge < -0.3 is 19.5 Å². The third-order valence-electron chi connectivity index (χ3n) is 4.62. The van der Waals surface area contributed by atoms with Gasteiger partial charge in [0.05, 0.1) is 13.2 Å². The molecule has 6 heteroatoms. The third kappa shape index (κ3) is 5.84. The van der Waals surface area contributed by atoms with Gasteiger partial charge in [0.25, 0.3) is 5.91 Å². The minimum atomic E-state index is -0.412. The summed E-state index contributed by atoms with van der Waals surface area (Å²) in [5, 5.41) is 12.2. The first-order valence-electron chi connectivity index (χ1n) is 9.56. The predicted molar refractivity (Wildman–Crippen MR) is 109 cm³/mol. The summed E-state index contributed by atoms with van der Waals surface area (Å²) >= 11 is 0. The van der Waals surface area contributed by atoms with Crippen LogP contribution in [0.1, 0.15) is 24.0 Å². The summed E-state index contributed by atoms with van der Waals surface area (Å²) < 4.78 is 16.7. The van der Waals surface area contributed by atoms with Crippen molar-refractivity contribution in [1.82, 2.24) is 5.32 Å². The highest BCUT2D eigenvalue weighted by molar-refractivity contribution is 6.01. The van der Waals surface area contributed by atoms with E-state index in [0.717, 1.165) is 25.0 Å². The molecule has 1 saturated heterocycles. The van der Waals surface area contributed by atoms with Gasteiger partial charge in [-0.15, -0.1) is 0 Å². The number of carbonyl (C=O) groups is 1. The van der Waals surface area contributed by atoms with Crippen LogP contribution < -0.4 is 14.8 Å². The Hall–Kier alpha value is -3.30. The summed E-state index contributed by atoms with van der Waals surface area (Å²) in [5.74, 6) is 0.715. The summed E-state index contributed by atoms with van der Waals surface area (Å²) in [6, 6.07) is 17.0. The molecule has 29 heavy (non-hydrogen) atoms. The lowest BCUT2D eigenvalue weighted by molar-refractivity contribution is -0.117. The molecule has 1 N–H and O–H groups in total. The SMILES string of the molecule is COc1ccc(/C=C(\C#N)C(=O)NC[C@@H]2CCCO2)cc1OCc1ccccc1. The van der Waals surface area contributed by atoms with Gasteiger partial charge in [0.2, 0.25) is 0 Å². The molecular formula is C23H24N2O4. The molecule has 1 aliphatic heterocycles. The first-order chi connectivity index (χ1) is 14.2. The van der Waals surface area contributed by atoms with Crippen LogP contribution in [0.2, 0.25) is 0 Å². The summed E-state index contributed by atoms with van der Waals surface area (Å²) in [7, 11) is 1.57. The number of carbonyl (C=O) groups excluding carboxylic acids is 1. The zero-order chi connectivity index (χ0) is 20.5. The quantitative estimate of drug-likeness (QED) is 0.550. The van der Waals surface area contributed by atoms with Crippen molar-refractivity contribution in [3.05, 3.63) is 65.2 Å². The number of benzene rings is 2. The first kappa shape index (κ1) is 20.4. The van der Waals surface area contributed by atoms with E-state index >= 15 is 0 Å². The van der Waals surface area contributed by atoms with Gasteiger partial charge in [0.15, 0.2) is 11.5 Å². The van der Waals surface area contributed by atoms with Gasteiger partial charge in [-0.25, -0.2) is 0 Å². The molecule has 0 bridgehead atoms. The molecule has 1 heterocycles. The average Bonchev–Trinajstić information content (AvgIpc) is 3.29. The van der Waals surface area contributed by atoms with Gasteiger partial charge in [-0.3, -0.25) is 4.79 Å². The molecule has 0 aliphatic carbocycles. The minimum absolute atomic E-state index is 0.0258. The van der Waals surface area contributed by atoms with E-state index in [4.69, 9.17) is 14.2 Å². The lowest BCUT2D eigenvalue weighted by atomic mass is 10.1. The van der Waals surface area contributed by atoms with E-state index in [1.165, 1.54) is 0 Å². The van der Waals surface area contributed by atoms with E-state index in [1.54, 1.807) is 31.4 Å². The normalized spacial score (nSPS) is 16.1. The fraction of sp³-hybridized carbons (Fsp3) is 0.304. The average molecular weight is 392 g/mol. The topological polar surface area (TPSA) is 80.6 Å². The number of amides is 1. The van der Waals surface area contributed by atoms with Crippen LogP contribution in [0.4, 0.5) is 0 Å². The van der Waals surface area contributed by atoms with E-state index < -0.39 is 5.91 Å². The van der Waals surface area contributed by atoms with Crippen LogP contribution in [0.15, 0.2) is 54.1 Å². The molecule has 0 radical (unpaired) electrons. The maximum absolute atomic E-state index is 12.3. The summed E-state index contributed by atoms with van der Waals surface area (Å²) in [5.41, 5.74) is 1.74. The highest BCUT2D eigenvalue weighted by atomic mass is 16.5. The van der Waals surface area contributed by atoms with Crippen LogP contribution in [0.25, 0.3) is 6.08 Å². The molecule has 0 saturated carbocycles. The molecular weight excluding hydrogens is 368 g/mol. The van der Waals surface area contributed by atoms with Gasteiger partial charge in [-0.1, -0.05) is 36.4 Å². The van der Waals surface area contributed by atoms with Crippen molar-refractivity contribution in [3.8, 4) is 17.6 Å². The zero-order valence-corrected chi connectivity index (χ0v) is 16.4. The number of nitriles is 1. The van der Waals surface area contributed by atoms with Crippen LogP contribution in [-0.2, 0) is 16.1 Å². The van der Waals surface area contributed by atoms with Crippen molar-refractivity contribution in [3.63, 3.8) is 0 Å². The van der Waals surface area contributed by atoms with Crippen LogP contribution in [-0.4, -0.2) is 32.3 Å². The van der Waals surface area contributed by atoms with Crippen LogP contribution in [0.3, 0.4) is 0 Å². The second-order valence-electron chi connectivity index (χ2n) is 6.70. The van der Waals surface area contributed by atoms with Crippen molar-refractivity contribution in [2.24, 2.45) is 0 Å². The Labute approximate surface area is 170 Å². The molecule has 2 aromatic carbocycles. The maximum Gasteiger partial charge on any atom is 0.262 e. The number of rotatable bonds is 8. The minimum Gasteiger partial charge on any atom is -0.493 e. The highest BCUT2D eigenvalue weighted by Gasteiger charge is 2.17. The van der Waals surface area contributed by atoms with Gasteiger partial charge in [-0.2, -0.15) is 5.26 Å². The molecule has 1 aliphatic rings. The van der Waals surface area contributed by atoms with Gasteiger partial charge in [0.1, 0.15) is 18.2 Å². The molecule has 6 nitrogen and oxygen atoms in total. The number of methoxy groups -OCH3 is 1. The molecule has 150 valence electrons. The van der Waals surface area contributed by atoms with Gasteiger partial charge in [0, 0.05) is 13.2 Å². The van der Waals surface area contributed by atoms with Crippen molar-refractivity contribution >= 4 is 12.0 Å². The van der Waals surface area contributed by atoms with Crippen molar-refractivity contribution in [2.45, 2.75) is 25.6 Å². The Balaban J connectivity index is 1.70. The smallest absolute Gasteiger partial charge is 0.262 e. The van der Waals surface area contributed by atoms with E-state index in [2.05, 4.69) is 5.32 Å². The van der Waals surface area contributed by atoms with Crippen molar-refractivity contribution < 1.29 is 19.0 Å². The molecule has 1 amide bonds. The van der Waals surface area contributed by atoms with Crippen LogP contribution in [0.5, 0.6) is 11.5 Å². The maximum atomic E-state index is 12.3. The number of nitrogens with one attached hydrogen (secondary N) is 1. The van der Waals surface area contributed by atoms with Crippen molar-refractivity contribution in [2.75, 3.05) is 20.3 Å². The van der Waals surface area contributed by atoms with Gasteiger partial charge >= 0.3 is 0 Å². The number of ether oxygens (including phenoxy) is 3. The molecule has 0 spiro atoms. The molecule has 2 aromatic rings. The number of hydrogen-bond acceptors (Lipinski definition) is 5. The Morgan fingerprint density at radius 1 is 1.28 bits per heavy atom. The molecule has 1 atom stereocenters. The van der Waals surface area contributed by atoms with Crippen LogP contribution in [0, 0.1) is 11.3 Å². The molecule has 0 aromatic heterocycles. The second-order valence-corrected chi connectivity index (χ2v) is 6.70. The first-order valence-corrected chi connectivity index (χ1v) is 9.56. The Bertz CT molecular complexity index is 897. The second kappa shape index (κ2) is 10.3. The Kier molecular flexibility index (Phi) is 7.26. The predicted octanol–water partition coefficient (Wildman–Crippen LogP) is 3.48. The molecule has 3 rings (SSSR count). The standard InChI is InChI=1S/C23H24N2O4/c1-27-21-10-9-18(13-22(21)29-16-17-6-3-2-4-7-17)12-19(14-24)23(26)25-15-20-8-5-11-28-20/h2-4,6-7,9-10,12-13,20H,5,8,11,15-16H2,1H3,(H,25,26)/b19-12+/t20-/m0/s1. The lowest BCUT2D eigenvalue weighted by Crippen LogP contribution is -2.32.